The van der Waals surface area contributed by atoms with Crippen LogP contribution in [0.5, 0.6) is 0 Å². The number of rotatable bonds is 5. The van der Waals surface area contributed by atoms with Crippen LogP contribution in [0.2, 0.25) is 0 Å². The summed E-state index contributed by atoms with van der Waals surface area (Å²) in [4.78, 5) is 8.56. The molecule has 0 atom stereocenters. The fraction of sp³-hybridized carbons (Fsp3) is 0.286. The van der Waals surface area contributed by atoms with Crippen LogP contribution < -0.4 is 10.6 Å². The van der Waals surface area contributed by atoms with E-state index in [0.717, 1.165) is 22.6 Å². The van der Waals surface area contributed by atoms with Gasteiger partial charge in [-0.15, -0.1) is 0 Å². The molecule has 1 aromatic heterocycles. The lowest BCUT2D eigenvalue weighted by atomic mass is 10.2. The van der Waals surface area contributed by atoms with Gasteiger partial charge < -0.3 is 15.4 Å². The monoisotopic (exact) mass is 258 g/mol. The highest BCUT2D eigenvalue weighted by Crippen LogP contribution is 2.20. The van der Waals surface area contributed by atoms with Crippen LogP contribution in [-0.2, 0) is 11.3 Å². The molecule has 0 saturated heterocycles. The summed E-state index contributed by atoms with van der Waals surface area (Å²) in [5, 5.41) is 6.23. The smallest absolute Gasteiger partial charge is 0.224 e. The molecule has 19 heavy (non-hydrogen) atoms. The molecule has 1 heterocycles. The number of ether oxygens (including phenoxy) is 1. The minimum absolute atomic E-state index is 0.597. The number of aromatic nitrogens is 2. The molecule has 0 aliphatic rings. The molecule has 0 bridgehead atoms. The van der Waals surface area contributed by atoms with Gasteiger partial charge in [-0.05, 0) is 24.6 Å². The van der Waals surface area contributed by atoms with Gasteiger partial charge in [-0.3, -0.25) is 0 Å². The van der Waals surface area contributed by atoms with E-state index in [-0.39, 0.29) is 0 Å². The minimum Gasteiger partial charge on any atom is -0.380 e. The molecule has 0 fully saturated rings. The van der Waals surface area contributed by atoms with Gasteiger partial charge in [-0.1, -0.05) is 12.1 Å². The van der Waals surface area contributed by atoms with E-state index >= 15 is 0 Å². The Hall–Kier alpha value is -2.14. The fourth-order valence-corrected chi connectivity index (χ4v) is 1.73. The highest BCUT2D eigenvalue weighted by Gasteiger charge is 2.04. The average Bonchev–Trinajstić information content (AvgIpc) is 2.42. The van der Waals surface area contributed by atoms with E-state index < -0.39 is 0 Å². The van der Waals surface area contributed by atoms with Crippen molar-refractivity contribution in [1.82, 2.24) is 9.97 Å². The Labute approximate surface area is 113 Å². The number of nitrogens with one attached hydrogen (secondary N) is 2. The van der Waals surface area contributed by atoms with Gasteiger partial charge in [0.05, 0.1) is 6.61 Å². The summed E-state index contributed by atoms with van der Waals surface area (Å²) in [6.07, 6.45) is 1.79. The Balaban J connectivity index is 2.22. The molecule has 0 aliphatic heterocycles. The molecular weight excluding hydrogens is 240 g/mol. The molecule has 2 rings (SSSR count). The predicted octanol–water partition coefficient (Wildman–Crippen LogP) is 2.72. The van der Waals surface area contributed by atoms with E-state index in [1.165, 1.54) is 0 Å². The number of anilines is 3. The second kappa shape index (κ2) is 6.15. The molecule has 0 saturated carbocycles. The van der Waals surface area contributed by atoms with E-state index in [2.05, 4.69) is 20.6 Å². The van der Waals surface area contributed by atoms with Gasteiger partial charge in [0.2, 0.25) is 5.95 Å². The first kappa shape index (κ1) is 13.3. The van der Waals surface area contributed by atoms with Crippen LogP contribution >= 0.6 is 0 Å². The number of hydrogen-bond acceptors (Lipinski definition) is 5. The second-order valence-corrected chi connectivity index (χ2v) is 4.23. The molecule has 100 valence electrons. The van der Waals surface area contributed by atoms with Crippen molar-refractivity contribution in [3.8, 4) is 0 Å². The van der Waals surface area contributed by atoms with Crippen LogP contribution in [0.15, 0.2) is 30.5 Å². The summed E-state index contributed by atoms with van der Waals surface area (Å²) < 4.78 is 5.13. The number of hydrogen-bond donors (Lipinski definition) is 2. The summed E-state index contributed by atoms with van der Waals surface area (Å²) in [5.74, 6) is 1.40. The van der Waals surface area contributed by atoms with Gasteiger partial charge in [0.15, 0.2) is 0 Å². The van der Waals surface area contributed by atoms with Crippen molar-refractivity contribution in [3.63, 3.8) is 0 Å². The fourth-order valence-electron chi connectivity index (χ4n) is 1.73. The minimum atomic E-state index is 0.597. The first-order valence-corrected chi connectivity index (χ1v) is 6.09. The highest BCUT2D eigenvalue weighted by molar-refractivity contribution is 5.60. The van der Waals surface area contributed by atoms with E-state index in [9.17, 15) is 0 Å². The Morgan fingerprint density at radius 1 is 1.32 bits per heavy atom. The lowest BCUT2D eigenvalue weighted by Gasteiger charge is -2.10. The molecule has 5 nitrogen and oxygen atoms in total. The van der Waals surface area contributed by atoms with Crippen LogP contribution in [0.1, 0.15) is 11.1 Å². The van der Waals surface area contributed by atoms with Crippen molar-refractivity contribution in [3.05, 3.63) is 41.6 Å². The van der Waals surface area contributed by atoms with Crippen molar-refractivity contribution in [2.75, 3.05) is 24.8 Å². The van der Waals surface area contributed by atoms with E-state index in [1.807, 2.05) is 31.2 Å². The maximum Gasteiger partial charge on any atom is 0.224 e. The van der Waals surface area contributed by atoms with Gasteiger partial charge in [0.25, 0.3) is 0 Å². The standard InChI is InChI=1S/C14H18N4O/c1-10-8-16-14(15-2)18-13(10)17-12-6-4-5-11(7-12)9-19-3/h4-8H,9H2,1-3H3,(H2,15,16,17,18). The zero-order valence-corrected chi connectivity index (χ0v) is 11.4. The second-order valence-electron chi connectivity index (χ2n) is 4.23. The third kappa shape index (κ3) is 3.42. The van der Waals surface area contributed by atoms with Gasteiger partial charge in [-0.25, -0.2) is 4.98 Å². The first-order chi connectivity index (χ1) is 9.22. The molecule has 2 aromatic rings. The largest absolute Gasteiger partial charge is 0.380 e. The Kier molecular flexibility index (Phi) is 4.30. The van der Waals surface area contributed by atoms with Crippen molar-refractivity contribution < 1.29 is 4.74 Å². The van der Waals surface area contributed by atoms with E-state index in [0.29, 0.717) is 12.6 Å². The van der Waals surface area contributed by atoms with Gasteiger partial charge >= 0.3 is 0 Å². The lowest BCUT2D eigenvalue weighted by molar-refractivity contribution is 0.185. The third-order valence-electron chi connectivity index (χ3n) is 2.70. The quantitative estimate of drug-likeness (QED) is 0.863. The Morgan fingerprint density at radius 3 is 2.89 bits per heavy atom. The van der Waals surface area contributed by atoms with Crippen LogP contribution in [0.3, 0.4) is 0 Å². The number of methoxy groups -OCH3 is 1. The van der Waals surface area contributed by atoms with Crippen molar-refractivity contribution in [2.45, 2.75) is 13.5 Å². The van der Waals surface area contributed by atoms with E-state index in [4.69, 9.17) is 4.74 Å². The normalized spacial score (nSPS) is 10.3. The number of aryl methyl sites for hydroxylation is 1. The zero-order chi connectivity index (χ0) is 13.7. The summed E-state index contributed by atoms with van der Waals surface area (Å²) in [7, 11) is 3.49. The molecule has 0 radical (unpaired) electrons. The molecule has 0 aliphatic carbocycles. The zero-order valence-electron chi connectivity index (χ0n) is 11.4. The number of benzene rings is 1. The molecule has 0 spiro atoms. The molecule has 2 N–H and O–H groups in total. The highest BCUT2D eigenvalue weighted by atomic mass is 16.5. The summed E-state index contributed by atoms with van der Waals surface area (Å²) in [6, 6.07) is 8.07. The van der Waals surface area contributed by atoms with Gasteiger partial charge in [0, 0.05) is 31.6 Å². The van der Waals surface area contributed by atoms with Gasteiger partial charge in [-0.2, -0.15) is 4.98 Å². The predicted molar refractivity (Wildman–Crippen MR) is 76.8 cm³/mol. The Morgan fingerprint density at radius 2 is 2.16 bits per heavy atom. The summed E-state index contributed by atoms with van der Waals surface area (Å²) in [6.45, 7) is 2.57. The van der Waals surface area contributed by atoms with Crippen LogP contribution in [0.25, 0.3) is 0 Å². The molecule has 0 unspecified atom stereocenters. The van der Waals surface area contributed by atoms with Crippen LogP contribution in [-0.4, -0.2) is 24.1 Å². The van der Waals surface area contributed by atoms with Gasteiger partial charge in [0.1, 0.15) is 5.82 Å². The molecule has 0 amide bonds. The van der Waals surface area contributed by atoms with Crippen LogP contribution in [0, 0.1) is 6.92 Å². The Bertz CT molecular complexity index is 557. The van der Waals surface area contributed by atoms with Crippen LogP contribution in [0.4, 0.5) is 17.5 Å². The summed E-state index contributed by atoms with van der Waals surface area (Å²) in [5.41, 5.74) is 3.10. The third-order valence-corrected chi connectivity index (χ3v) is 2.70. The maximum absolute atomic E-state index is 5.13. The number of nitrogens with zero attached hydrogens (tertiary/aromatic N) is 2. The first-order valence-electron chi connectivity index (χ1n) is 6.09. The maximum atomic E-state index is 5.13. The summed E-state index contributed by atoms with van der Waals surface area (Å²) >= 11 is 0. The van der Waals surface area contributed by atoms with Crippen molar-refractivity contribution >= 4 is 17.5 Å². The lowest BCUT2D eigenvalue weighted by Crippen LogP contribution is -2.02. The molecular formula is C14H18N4O. The topological polar surface area (TPSA) is 59.1 Å². The van der Waals surface area contributed by atoms with Crippen molar-refractivity contribution in [1.29, 1.82) is 0 Å². The molecule has 1 aromatic carbocycles. The van der Waals surface area contributed by atoms with E-state index in [1.54, 1.807) is 20.4 Å². The van der Waals surface area contributed by atoms with Crippen molar-refractivity contribution in [2.24, 2.45) is 0 Å². The average molecular weight is 258 g/mol. The molecule has 5 heteroatoms. The SMILES string of the molecule is CNc1ncc(C)c(Nc2cccc(COC)c2)n1.